The molecule has 0 saturated heterocycles. The van der Waals surface area contributed by atoms with Crippen molar-refractivity contribution >= 4 is 14.3 Å². The van der Waals surface area contributed by atoms with E-state index in [4.69, 9.17) is 4.43 Å². The van der Waals surface area contributed by atoms with Gasteiger partial charge in [-0.05, 0) is 24.6 Å². The van der Waals surface area contributed by atoms with Crippen LogP contribution in [-0.2, 0) is 9.22 Å². The number of hydrogen-bond acceptors (Lipinski definition) is 2. The monoisotopic (exact) mass is 553 g/mol. The summed E-state index contributed by atoms with van der Waals surface area (Å²) in [4.78, 5) is 12.2. The maximum absolute atomic E-state index is 12.2. The Hall–Kier alpha value is -0.313. The Balaban J connectivity index is 3.22. The summed E-state index contributed by atoms with van der Waals surface area (Å²) < 4.78 is 5.86. The number of unbranched alkanes of at least 4 members (excludes halogenated alkanes) is 25. The van der Waals surface area contributed by atoms with Crippen LogP contribution in [0.3, 0.4) is 0 Å². The fourth-order valence-electron chi connectivity index (χ4n) is 5.07. The van der Waals surface area contributed by atoms with Crippen molar-refractivity contribution in [3.63, 3.8) is 0 Å². The molecular weight excluding hydrogens is 480 g/mol. The molecule has 0 N–H and O–H groups in total. The lowest BCUT2D eigenvalue weighted by atomic mass is 10.0. The molecule has 0 heterocycles. The molecular formula is C35H72O2Si. The highest BCUT2D eigenvalue weighted by atomic mass is 28.4. The second-order valence-corrected chi connectivity index (χ2v) is 18.5. The first-order chi connectivity index (χ1) is 18.2. The first-order valence-corrected chi connectivity index (χ1v) is 20.3. The Morgan fingerprint density at radius 3 is 0.947 bits per heavy atom. The van der Waals surface area contributed by atoms with Gasteiger partial charge < -0.3 is 4.43 Å². The van der Waals surface area contributed by atoms with Gasteiger partial charge in [-0.2, -0.15) is 0 Å². The summed E-state index contributed by atoms with van der Waals surface area (Å²) >= 11 is 0. The maximum atomic E-state index is 12.2. The Bertz CT molecular complexity index is 509. The van der Waals surface area contributed by atoms with Gasteiger partial charge in [-0.3, -0.25) is 4.79 Å². The van der Waals surface area contributed by atoms with E-state index in [1.807, 2.05) is 0 Å². The van der Waals surface area contributed by atoms with Crippen molar-refractivity contribution in [3.8, 4) is 0 Å². The predicted octanol–water partition coefficient (Wildman–Crippen LogP) is 13.1. The van der Waals surface area contributed by atoms with Gasteiger partial charge in [0.15, 0.2) is 0 Å². The summed E-state index contributed by atoms with van der Waals surface area (Å²) in [6.45, 7) is 13.2. The predicted molar refractivity (Wildman–Crippen MR) is 174 cm³/mol. The molecule has 228 valence electrons. The summed E-state index contributed by atoms with van der Waals surface area (Å²) in [6.07, 6.45) is 37.2. The third-order valence-corrected chi connectivity index (χ3v) is 13.3. The van der Waals surface area contributed by atoms with Crippen LogP contribution in [0, 0.1) is 0 Å². The molecule has 0 amide bonds. The van der Waals surface area contributed by atoms with Crippen molar-refractivity contribution in [1.29, 1.82) is 0 Å². The summed E-state index contributed by atoms with van der Waals surface area (Å²) in [5.41, 5.74) is 0. The molecule has 38 heavy (non-hydrogen) atoms. The highest BCUT2D eigenvalue weighted by Gasteiger charge is 2.40. The molecule has 0 aliphatic rings. The first-order valence-electron chi connectivity index (χ1n) is 17.4. The molecule has 0 aliphatic carbocycles. The van der Waals surface area contributed by atoms with E-state index in [1.54, 1.807) is 0 Å². The smallest absolute Gasteiger partial charge is 0.292 e. The quantitative estimate of drug-likeness (QED) is 0.0712. The summed E-state index contributed by atoms with van der Waals surface area (Å²) in [5.74, 6) is 0.0286. The van der Waals surface area contributed by atoms with Crippen LogP contribution >= 0.6 is 0 Å². The van der Waals surface area contributed by atoms with Crippen LogP contribution in [0.25, 0.3) is 0 Å². The van der Waals surface area contributed by atoms with Crippen LogP contribution in [0.1, 0.15) is 201 Å². The number of hydrogen-bond donors (Lipinski definition) is 0. The standard InChI is InChI=1S/C35H72O2Si/c1-7-8-9-10-11-12-13-14-15-16-17-18-19-20-21-22-23-24-25-26-27-28-29-30-31-32-33-34(36)37-38(5,6)35(2,3)4/h7-33H2,1-6H3. The lowest BCUT2D eigenvalue weighted by Gasteiger charge is -2.35. The van der Waals surface area contributed by atoms with Gasteiger partial charge in [-0.1, -0.05) is 188 Å². The summed E-state index contributed by atoms with van der Waals surface area (Å²) in [7, 11) is -1.94. The largest absolute Gasteiger partial charge is 0.519 e. The van der Waals surface area contributed by atoms with Crippen LogP contribution in [-0.4, -0.2) is 14.3 Å². The molecule has 0 atom stereocenters. The molecule has 0 aromatic heterocycles. The third-order valence-electron chi connectivity index (χ3n) is 8.91. The van der Waals surface area contributed by atoms with Crippen molar-refractivity contribution in [3.05, 3.63) is 0 Å². The van der Waals surface area contributed by atoms with Crippen molar-refractivity contribution in [1.82, 2.24) is 0 Å². The van der Waals surface area contributed by atoms with E-state index in [1.165, 1.54) is 161 Å². The molecule has 0 saturated carbocycles. The van der Waals surface area contributed by atoms with Crippen LogP contribution in [0.4, 0.5) is 0 Å². The third kappa shape index (κ3) is 24.7. The number of carbonyl (C=O) groups is 1. The van der Waals surface area contributed by atoms with Crippen molar-refractivity contribution < 1.29 is 9.22 Å². The molecule has 3 heteroatoms. The molecule has 0 unspecified atom stereocenters. The normalized spacial score (nSPS) is 12.3. The van der Waals surface area contributed by atoms with E-state index >= 15 is 0 Å². The van der Waals surface area contributed by atoms with E-state index < -0.39 is 8.32 Å². The Morgan fingerprint density at radius 1 is 0.474 bits per heavy atom. The van der Waals surface area contributed by atoms with Crippen LogP contribution in [0.15, 0.2) is 0 Å². The van der Waals surface area contributed by atoms with Gasteiger partial charge in [-0.25, -0.2) is 0 Å². The average molecular weight is 553 g/mol. The molecule has 0 aromatic carbocycles. The van der Waals surface area contributed by atoms with Gasteiger partial charge in [0.05, 0.1) is 0 Å². The second-order valence-electron chi connectivity index (χ2n) is 13.8. The molecule has 0 radical (unpaired) electrons. The number of rotatable bonds is 28. The molecule has 2 nitrogen and oxygen atoms in total. The highest BCUT2D eigenvalue weighted by Crippen LogP contribution is 2.36. The van der Waals surface area contributed by atoms with Crippen LogP contribution in [0.2, 0.25) is 18.1 Å². The van der Waals surface area contributed by atoms with Gasteiger partial charge in [0.2, 0.25) is 0 Å². The molecule has 0 aliphatic heterocycles. The minimum Gasteiger partial charge on any atom is -0.519 e. The lowest BCUT2D eigenvalue weighted by Crippen LogP contribution is -2.42. The van der Waals surface area contributed by atoms with Gasteiger partial charge in [0.1, 0.15) is 0 Å². The van der Waals surface area contributed by atoms with E-state index in [9.17, 15) is 4.79 Å². The van der Waals surface area contributed by atoms with Crippen molar-refractivity contribution in [2.45, 2.75) is 219 Å². The van der Waals surface area contributed by atoms with Gasteiger partial charge in [0.25, 0.3) is 14.3 Å². The lowest BCUT2D eigenvalue weighted by molar-refractivity contribution is -0.135. The topological polar surface area (TPSA) is 26.3 Å². The second kappa shape index (κ2) is 25.6. The molecule has 0 aromatic rings. The van der Waals surface area contributed by atoms with Crippen molar-refractivity contribution in [2.24, 2.45) is 0 Å². The first kappa shape index (κ1) is 37.7. The van der Waals surface area contributed by atoms with Crippen LogP contribution in [0.5, 0.6) is 0 Å². The molecule has 0 spiro atoms. The maximum Gasteiger partial charge on any atom is 0.292 e. The summed E-state index contributed by atoms with van der Waals surface area (Å²) in [5, 5.41) is 0.106. The number of carbonyl (C=O) groups excluding carboxylic acids is 1. The average Bonchev–Trinajstić information content (AvgIpc) is 2.85. The Kier molecular flexibility index (Phi) is 25.4. The van der Waals surface area contributed by atoms with E-state index in [0.29, 0.717) is 6.42 Å². The zero-order chi connectivity index (χ0) is 28.4. The van der Waals surface area contributed by atoms with E-state index in [-0.39, 0.29) is 11.0 Å². The molecule has 0 bridgehead atoms. The summed E-state index contributed by atoms with van der Waals surface area (Å²) in [6, 6.07) is 0. The minimum absolute atomic E-state index is 0.0286. The Morgan fingerprint density at radius 2 is 0.711 bits per heavy atom. The van der Waals surface area contributed by atoms with E-state index in [0.717, 1.165) is 6.42 Å². The van der Waals surface area contributed by atoms with Gasteiger partial charge in [0, 0.05) is 6.42 Å². The minimum atomic E-state index is -1.94. The fourth-order valence-corrected chi connectivity index (χ4v) is 6.05. The molecule has 0 fully saturated rings. The van der Waals surface area contributed by atoms with E-state index in [2.05, 4.69) is 40.8 Å². The zero-order valence-electron chi connectivity index (χ0n) is 27.4. The van der Waals surface area contributed by atoms with Gasteiger partial charge in [-0.15, -0.1) is 0 Å². The van der Waals surface area contributed by atoms with Crippen LogP contribution < -0.4 is 0 Å². The highest BCUT2D eigenvalue weighted by molar-refractivity contribution is 6.75. The SMILES string of the molecule is CCCCCCCCCCCCCCCCCCCCCCCCCCCCC(=O)O[Si](C)(C)C(C)(C)C. The molecule has 0 rings (SSSR count). The Labute approximate surface area is 242 Å². The zero-order valence-corrected chi connectivity index (χ0v) is 28.4. The van der Waals surface area contributed by atoms with Crippen molar-refractivity contribution in [2.75, 3.05) is 0 Å². The fraction of sp³-hybridized carbons (Fsp3) is 0.971. The van der Waals surface area contributed by atoms with Gasteiger partial charge >= 0.3 is 0 Å².